The van der Waals surface area contributed by atoms with Crippen LogP contribution in [0, 0.1) is 17.8 Å². The first-order valence-corrected chi connectivity index (χ1v) is 14.2. The smallest absolute Gasteiger partial charge is 0.0141 e. The van der Waals surface area contributed by atoms with Crippen LogP contribution < -0.4 is 0 Å². The van der Waals surface area contributed by atoms with Gasteiger partial charge in [-0.25, -0.2) is 0 Å². The van der Waals surface area contributed by atoms with E-state index in [0.29, 0.717) is 15.5 Å². The predicted octanol–water partition coefficient (Wildman–Crippen LogP) is 9.05. The second-order valence-corrected chi connectivity index (χ2v) is 19.1. The van der Waals surface area contributed by atoms with Gasteiger partial charge in [-0.1, -0.05) is 97.9 Å². The number of rotatable bonds is 10. The fraction of sp³-hybridized carbons (Fsp3) is 1.00. The maximum Gasteiger partial charge on any atom is -0.0141 e. The molecule has 1 unspecified atom stereocenters. The monoisotopic (exact) mass is 402 g/mol. The van der Waals surface area contributed by atoms with Gasteiger partial charge in [0.15, 0.2) is 0 Å². The fourth-order valence-corrected chi connectivity index (χ4v) is 14.9. The molecule has 0 radical (unpaired) electrons. The van der Waals surface area contributed by atoms with Crippen LogP contribution in [-0.2, 0) is 0 Å². The predicted molar refractivity (Wildman–Crippen MR) is 130 cm³/mol. The Kier molecular flexibility index (Phi) is 10.9. The van der Waals surface area contributed by atoms with E-state index in [9.17, 15) is 0 Å². The molecule has 0 bridgehead atoms. The summed E-state index contributed by atoms with van der Waals surface area (Å²) in [5.74, 6) is 2.60. The quantitative estimate of drug-likeness (QED) is 0.320. The Labute approximate surface area is 170 Å². The number of hydrogen-bond acceptors (Lipinski definition) is 0. The van der Waals surface area contributed by atoms with E-state index in [2.05, 4.69) is 90.0 Å². The van der Waals surface area contributed by atoms with Crippen molar-refractivity contribution in [1.29, 1.82) is 0 Å². The van der Waals surface area contributed by atoms with E-state index >= 15 is 0 Å². The van der Waals surface area contributed by atoms with Crippen LogP contribution in [0.2, 0.25) is 0 Å². The highest BCUT2D eigenvalue weighted by molar-refractivity contribution is 7.62. The molecule has 158 valence electrons. The lowest BCUT2D eigenvalue weighted by Gasteiger charge is -2.51. The molecule has 0 rings (SSSR count). The average Bonchev–Trinajstić information content (AvgIpc) is 2.30. The van der Waals surface area contributed by atoms with Crippen LogP contribution >= 0.6 is 15.8 Å². The van der Waals surface area contributed by atoms with Gasteiger partial charge < -0.3 is 0 Å². The van der Waals surface area contributed by atoms with Crippen molar-refractivity contribution in [3.8, 4) is 0 Å². The Morgan fingerprint density at radius 1 is 0.615 bits per heavy atom. The van der Waals surface area contributed by atoms with Gasteiger partial charge in [0.1, 0.15) is 0 Å². The maximum atomic E-state index is 2.56. The molecule has 0 spiro atoms. The highest BCUT2D eigenvalue weighted by Gasteiger charge is 2.44. The summed E-state index contributed by atoms with van der Waals surface area (Å²) in [5.41, 5.74) is 0. The minimum Gasteiger partial charge on any atom is -0.106 e. The maximum absolute atomic E-state index is 2.56. The van der Waals surface area contributed by atoms with Crippen LogP contribution in [0.3, 0.4) is 0 Å². The van der Waals surface area contributed by atoms with Gasteiger partial charge in [0, 0.05) is 0 Å². The average molecular weight is 403 g/mol. The first kappa shape index (κ1) is 26.9. The van der Waals surface area contributed by atoms with Gasteiger partial charge in [0.05, 0.1) is 0 Å². The molecule has 0 N–H and O–H groups in total. The van der Waals surface area contributed by atoms with Crippen molar-refractivity contribution in [3.63, 3.8) is 0 Å². The molecule has 0 saturated heterocycles. The van der Waals surface area contributed by atoms with Crippen molar-refractivity contribution in [2.24, 2.45) is 17.8 Å². The number of hydrogen-bond donors (Lipinski definition) is 0. The van der Waals surface area contributed by atoms with Crippen LogP contribution in [0.1, 0.15) is 103 Å². The first-order chi connectivity index (χ1) is 11.5. The van der Waals surface area contributed by atoms with Crippen LogP contribution in [0.15, 0.2) is 0 Å². The highest BCUT2D eigenvalue weighted by atomic mass is 31.1. The Bertz CT molecular complexity index is 358. The second kappa shape index (κ2) is 10.6. The lowest BCUT2D eigenvalue weighted by atomic mass is 10.00. The van der Waals surface area contributed by atoms with Gasteiger partial charge in [0.2, 0.25) is 0 Å². The van der Waals surface area contributed by atoms with Crippen LogP contribution in [0.5, 0.6) is 0 Å². The molecule has 1 atom stereocenters. The molecule has 0 fully saturated rings. The van der Waals surface area contributed by atoms with E-state index < -0.39 is 0 Å². The normalized spacial score (nSPS) is 15.6. The molecule has 0 amide bonds. The Hall–Kier alpha value is 0.860. The molecule has 0 nitrogen and oxygen atoms in total. The molecule has 0 aromatic rings. The van der Waals surface area contributed by atoms with Crippen molar-refractivity contribution in [2.45, 2.75) is 118 Å². The zero-order valence-corrected chi connectivity index (χ0v) is 22.5. The summed E-state index contributed by atoms with van der Waals surface area (Å²) in [4.78, 5) is 0. The van der Waals surface area contributed by atoms with E-state index in [1.807, 2.05) is 0 Å². The topological polar surface area (TPSA) is 0 Å². The molecule has 0 aromatic carbocycles. The lowest BCUT2D eigenvalue weighted by Crippen LogP contribution is -2.37. The molecule has 0 aromatic heterocycles. The summed E-state index contributed by atoms with van der Waals surface area (Å²) in [5, 5.41) is 1.30. The van der Waals surface area contributed by atoms with E-state index in [0.717, 1.165) is 17.8 Å². The first-order valence-electron chi connectivity index (χ1n) is 11.0. The Morgan fingerprint density at radius 2 is 1.00 bits per heavy atom. The standard InChI is InChI=1S/C24H52P2/c1-19(2)16-25(17-20(3)4)18-21(5)14-15-24(12,13)26(22(6,7)8)23(9,10)11/h19-21H,14-18H2,1-13H3. The van der Waals surface area contributed by atoms with Gasteiger partial charge in [0.25, 0.3) is 0 Å². The zero-order chi connectivity index (χ0) is 20.9. The van der Waals surface area contributed by atoms with Crippen LogP contribution in [0.4, 0.5) is 0 Å². The molecule has 0 heterocycles. The summed E-state index contributed by atoms with van der Waals surface area (Å²) >= 11 is 0. The molecule has 0 saturated carbocycles. The van der Waals surface area contributed by atoms with Gasteiger partial charge in [-0.15, -0.1) is 7.92 Å². The third kappa shape index (κ3) is 10.4. The van der Waals surface area contributed by atoms with Crippen molar-refractivity contribution < 1.29 is 0 Å². The fourth-order valence-electron chi connectivity index (χ4n) is 5.32. The van der Waals surface area contributed by atoms with E-state index in [-0.39, 0.29) is 15.8 Å². The molecular formula is C24H52P2. The summed E-state index contributed by atoms with van der Waals surface area (Å²) < 4.78 is 0. The van der Waals surface area contributed by atoms with Crippen LogP contribution in [0.25, 0.3) is 0 Å². The third-order valence-corrected chi connectivity index (χ3v) is 12.8. The van der Waals surface area contributed by atoms with Crippen molar-refractivity contribution in [3.05, 3.63) is 0 Å². The SMILES string of the molecule is CC(C)CP(CC(C)C)CC(C)CCC(C)(C)P(C(C)(C)C)C(C)(C)C. The van der Waals surface area contributed by atoms with Crippen LogP contribution in [-0.4, -0.2) is 34.0 Å². The zero-order valence-electron chi connectivity index (χ0n) is 20.7. The largest absolute Gasteiger partial charge is 0.106 e. The Balaban J connectivity index is 4.95. The molecule has 0 aliphatic heterocycles. The minimum atomic E-state index is -0.0595. The van der Waals surface area contributed by atoms with Gasteiger partial charge >= 0.3 is 0 Å². The second-order valence-electron chi connectivity index (χ2n) is 12.1. The van der Waals surface area contributed by atoms with E-state index in [1.165, 1.54) is 31.3 Å². The molecule has 0 aliphatic carbocycles. The molecular weight excluding hydrogens is 350 g/mol. The highest BCUT2D eigenvalue weighted by Crippen LogP contribution is 2.68. The lowest BCUT2D eigenvalue weighted by molar-refractivity contribution is 0.485. The Morgan fingerprint density at radius 3 is 1.31 bits per heavy atom. The molecule has 2 heteroatoms. The molecule has 0 aliphatic rings. The van der Waals surface area contributed by atoms with Gasteiger partial charge in [-0.2, -0.15) is 0 Å². The summed E-state index contributed by atoms with van der Waals surface area (Å²) in [6.07, 6.45) is 7.23. The summed E-state index contributed by atoms with van der Waals surface area (Å²) in [6.45, 7) is 32.1. The van der Waals surface area contributed by atoms with Crippen molar-refractivity contribution in [1.82, 2.24) is 0 Å². The van der Waals surface area contributed by atoms with E-state index in [1.54, 1.807) is 0 Å². The third-order valence-electron chi connectivity index (χ3n) is 5.01. The van der Waals surface area contributed by atoms with Gasteiger partial charge in [-0.3, -0.25) is 0 Å². The summed E-state index contributed by atoms with van der Waals surface area (Å²) in [7, 11) is 0.159. The summed E-state index contributed by atoms with van der Waals surface area (Å²) in [6, 6.07) is 0. The van der Waals surface area contributed by atoms with E-state index in [4.69, 9.17) is 0 Å². The minimum absolute atomic E-state index is 0.0595. The van der Waals surface area contributed by atoms with Crippen molar-refractivity contribution >= 4 is 15.8 Å². The van der Waals surface area contributed by atoms with Gasteiger partial charge in [-0.05, 0) is 64.5 Å². The van der Waals surface area contributed by atoms with Crippen molar-refractivity contribution in [2.75, 3.05) is 18.5 Å². The molecule has 26 heavy (non-hydrogen) atoms.